The summed E-state index contributed by atoms with van der Waals surface area (Å²) in [6.45, 7) is 6.74. The molecule has 0 saturated carbocycles. The lowest BCUT2D eigenvalue weighted by Crippen LogP contribution is -2.22. The highest BCUT2D eigenvalue weighted by Crippen LogP contribution is 2.28. The molecule has 7 nitrogen and oxygen atoms in total. The van der Waals surface area contributed by atoms with Crippen LogP contribution >= 0.6 is 11.3 Å². The average molecular weight is 338 g/mol. The zero-order chi connectivity index (χ0) is 17.0. The highest BCUT2D eigenvalue weighted by atomic mass is 32.1. The van der Waals surface area contributed by atoms with Gasteiger partial charge >= 0.3 is 5.97 Å². The first-order valence-corrected chi connectivity index (χ1v) is 8.36. The zero-order valence-electron chi connectivity index (χ0n) is 13.9. The Morgan fingerprint density at radius 2 is 2.13 bits per heavy atom. The third-order valence-corrected chi connectivity index (χ3v) is 4.91. The first-order chi connectivity index (χ1) is 10.9. The second-order valence-corrected chi connectivity index (χ2v) is 6.86. The van der Waals surface area contributed by atoms with E-state index in [-0.39, 0.29) is 12.5 Å². The third-order valence-electron chi connectivity index (χ3n) is 3.66. The molecule has 0 aliphatic carbocycles. The van der Waals surface area contributed by atoms with E-state index >= 15 is 0 Å². The molecular formula is C15H22N4O3S. The molecule has 0 spiro atoms. The van der Waals surface area contributed by atoms with Gasteiger partial charge in [-0.3, -0.25) is 9.69 Å². The Hall–Kier alpha value is -1.80. The van der Waals surface area contributed by atoms with Crippen molar-refractivity contribution in [2.45, 2.75) is 52.6 Å². The van der Waals surface area contributed by atoms with Gasteiger partial charge in [0.05, 0.1) is 17.2 Å². The number of rotatable bonds is 8. The summed E-state index contributed by atoms with van der Waals surface area (Å²) < 4.78 is 5.17. The van der Waals surface area contributed by atoms with Gasteiger partial charge in [0, 0.05) is 23.8 Å². The number of thiazole rings is 1. The Morgan fingerprint density at radius 3 is 2.74 bits per heavy atom. The summed E-state index contributed by atoms with van der Waals surface area (Å²) in [5, 5.41) is 13.7. The molecule has 2 heterocycles. The van der Waals surface area contributed by atoms with Crippen molar-refractivity contribution >= 4 is 17.3 Å². The van der Waals surface area contributed by atoms with Gasteiger partial charge in [0.25, 0.3) is 0 Å². The molecule has 2 aromatic rings. The van der Waals surface area contributed by atoms with Crippen molar-refractivity contribution in [1.29, 1.82) is 0 Å². The maximum Gasteiger partial charge on any atom is 0.303 e. The van der Waals surface area contributed by atoms with Crippen LogP contribution in [0.1, 0.15) is 53.1 Å². The maximum atomic E-state index is 10.5. The number of nitrogens with zero attached hydrogens (tertiary/aromatic N) is 4. The monoisotopic (exact) mass is 338 g/mol. The van der Waals surface area contributed by atoms with Crippen LogP contribution in [-0.4, -0.2) is 38.1 Å². The van der Waals surface area contributed by atoms with Gasteiger partial charge in [0.2, 0.25) is 5.89 Å². The fraction of sp³-hybridized carbons (Fsp3) is 0.600. The van der Waals surface area contributed by atoms with Crippen LogP contribution in [0.2, 0.25) is 0 Å². The van der Waals surface area contributed by atoms with Gasteiger partial charge in [-0.25, -0.2) is 4.98 Å². The minimum atomic E-state index is -0.812. The number of carbonyl (C=O) groups is 1. The van der Waals surface area contributed by atoms with Gasteiger partial charge in [-0.15, -0.1) is 11.3 Å². The summed E-state index contributed by atoms with van der Waals surface area (Å²) in [5.41, 5.74) is 1.06. The average Bonchev–Trinajstić information content (AvgIpc) is 3.04. The van der Waals surface area contributed by atoms with Crippen LogP contribution in [0.25, 0.3) is 0 Å². The Labute approximate surface area is 139 Å². The molecule has 0 fully saturated rings. The first kappa shape index (κ1) is 17.6. The molecule has 1 atom stereocenters. The number of aryl methyl sites for hydroxylation is 3. The molecule has 23 heavy (non-hydrogen) atoms. The van der Waals surface area contributed by atoms with E-state index in [0.29, 0.717) is 31.1 Å². The second-order valence-electron chi connectivity index (χ2n) is 5.63. The Kier molecular flexibility index (Phi) is 5.84. The van der Waals surface area contributed by atoms with Crippen LogP contribution in [0.4, 0.5) is 0 Å². The molecule has 1 N–H and O–H groups in total. The van der Waals surface area contributed by atoms with E-state index in [9.17, 15) is 4.79 Å². The lowest BCUT2D eigenvalue weighted by molar-refractivity contribution is -0.137. The summed E-state index contributed by atoms with van der Waals surface area (Å²) in [6.07, 6.45) is 1.10. The van der Waals surface area contributed by atoms with E-state index in [1.165, 1.54) is 4.88 Å². The van der Waals surface area contributed by atoms with Crippen molar-refractivity contribution in [2.75, 3.05) is 7.05 Å². The fourth-order valence-electron chi connectivity index (χ4n) is 2.34. The van der Waals surface area contributed by atoms with E-state index in [2.05, 4.69) is 26.9 Å². The number of aromatic nitrogens is 3. The predicted octanol–water partition coefficient (Wildman–Crippen LogP) is 2.74. The second kappa shape index (κ2) is 7.65. The van der Waals surface area contributed by atoms with Gasteiger partial charge in [-0.05, 0) is 34.2 Å². The van der Waals surface area contributed by atoms with Gasteiger partial charge in [0.1, 0.15) is 0 Å². The highest BCUT2D eigenvalue weighted by molar-refractivity contribution is 7.11. The molecule has 0 saturated heterocycles. The number of hydrogen-bond acceptors (Lipinski definition) is 7. The predicted molar refractivity (Wildman–Crippen MR) is 86.3 cm³/mol. The van der Waals surface area contributed by atoms with E-state index in [4.69, 9.17) is 9.63 Å². The number of carboxylic acid groups (broad SMARTS) is 1. The largest absolute Gasteiger partial charge is 0.481 e. The molecule has 0 aromatic carbocycles. The number of carboxylic acids is 1. The van der Waals surface area contributed by atoms with Gasteiger partial charge < -0.3 is 9.63 Å². The minimum absolute atomic E-state index is 0.110. The SMILES string of the molecule is Cc1nc(C)c(C(C)N(C)Cc2noc(CCCC(=O)O)n2)s1. The molecule has 0 bridgehead atoms. The Balaban J connectivity index is 1.92. The van der Waals surface area contributed by atoms with Crippen LogP contribution in [0, 0.1) is 13.8 Å². The number of aliphatic carboxylic acids is 1. The molecule has 0 radical (unpaired) electrons. The van der Waals surface area contributed by atoms with Crippen molar-refractivity contribution < 1.29 is 14.4 Å². The lowest BCUT2D eigenvalue weighted by atomic mass is 10.2. The third kappa shape index (κ3) is 4.84. The van der Waals surface area contributed by atoms with E-state index < -0.39 is 5.97 Å². The standard InChI is InChI=1S/C15H22N4O3S/c1-9-15(23-11(3)16-9)10(2)19(4)8-12-17-13(22-18-12)6-5-7-14(20)21/h10H,5-8H2,1-4H3,(H,20,21). The van der Waals surface area contributed by atoms with E-state index in [1.54, 1.807) is 11.3 Å². The van der Waals surface area contributed by atoms with Crippen LogP contribution in [-0.2, 0) is 17.8 Å². The van der Waals surface area contributed by atoms with Crippen molar-refractivity contribution in [3.8, 4) is 0 Å². The molecule has 0 aliphatic rings. The van der Waals surface area contributed by atoms with Crippen LogP contribution in [0.15, 0.2) is 4.52 Å². The quantitative estimate of drug-likeness (QED) is 0.791. The van der Waals surface area contributed by atoms with Crippen molar-refractivity contribution in [2.24, 2.45) is 0 Å². The fourth-order valence-corrected chi connectivity index (χ4v) is 3.39. The number of hydrogen-bond donors (Lipinski definition) is 1. The van der Waals surface area contributed by atoms with Gasteiger partial charge in [-0.2, -0.15) is 4.98 Å². The zero-order valence-corrected chi connectivity index (χ0v) is 14.7. The summed E-state index contributed by atoms with van der Waals surface area (Å²) in [4.78, 5) is 22.7. The highest BCUT2D eigenvalue weighted by Gasteiger charge is 2.19. The Morgan fingerprint density at radius 1 is 1.39 bits per heavy atom. The smallest absolute Gasteiger partial charge is 0.303 e. The van der Waals surface area contributed by atoms with Crippen molar-refractivity contribution in [3.05, 3.63) is 27.3 Å². The van der Waals surface area contributed by atoms with Crippen molar-refractivity contribution in [1.82, 2.24) is 20.0 Å². The first-order valence-electron chi connectivity index (χ1n) is 7.54. The van der Waals surface area contributed by atoms with Crippen molar-refractivity contribution in [3.63, 3.8) is 0 Å². The molecule has 2 aromatic heterocycles. The molecule has 0 aliphatic heterocycles. The topological polar surface area (TPSA) is 92.4 Å². The summed E-state index contributed by atoms with van der Waals surface area (Å²) in [7, 11) is 2.01. The summed E-state index contributed by atoms with van der Waals surface area (Å²) in [6, 6.07) is 0.218. The lowest BCUT2D eigenvalue weighted by Gasteiger charge is -2.22. The molecule has 1 unspecified atom stereocenters. The van der Waals surface area contributed by atoms with Crippen LogP contribution < -0.4 is 0 Å². The molecule has 2 rings (SSSR count). The van der Waals surface area contributed by atoms with E-state index in [0.717, 1.165) is 10.7 Å². The molecule has 126 valence electrons. The Bertz CT molecular complexity index is 667. The minimum Gasteiger partial charge on any atom is -0.481 e. The normalized spacial score (nSPS) is 12.7. The maximum absolute atomic E-state index is 10.5. The van der Waals surface area contributed by atoms with Gasteiger partial charge in [-0.1, -0.05) is 5.16 Å². The van der Waals surface area contributed by atoms with E-state index in [1.807, 2.05) is 20.9 Å². The molecule has 0 amide bonds. The van der Waals surface area contributed by atoms with Crippen LogP contribution in [0.5, 0.6) is 0 Å². The molecular weight excluding hydrogens is 316 g/mol. The summed E-state index contributed by atoms with van der Waals surface area (Å²) >= 11 is 1.71. The van der Waals surface area contributed by atoms with Crippen LogP contribution in [0.3, 0.4) is 0 Å². The summed E-state index contributed by atoms with van der Waals surface area (Å²) in [5.74, 6) is 0.296. The van der Waals surface area contributed by atoms with Gasteiger partial charge in [0.15, 0.2) is 5.82 Å². The molecule has 8 heteroatoms.